The fourth-order valence-electron chi connectivity index (χ4n) is 3.51. The molecule has 0 spiro atoms. The van der Waals surface area contributed by atoms with E-state index in [0.29, 0.717) is 6.42 Å². The minimum atomic E-state index is 0.216. The maximum atomic E-state index is 12.2. The van der Waals surface area contributed by atoms with Gasteiger partial charge in [-0.2, -0.15) is 0 Å². The van der Waals surface area contributed by atoms with E-state index in [-0.39, 0.29) is 11.9 Å². The maximum absolute atomic E-state index is 12.2. The number of carbonyl (C=O) groups is 1. The third-order valence-electron chi connectivity index (χ3n) is 4.76. The molecule has 114 valence electrons. The molecule has 21 heavy (non-hydrogen) atoms. The molecule has 2 aliphatic rings. The SMILES string of the molecule is O=C(CCC1CCNCC1)NC1CCc2cc(Br)ccc21. The van der Waals surface area contributed by atoms with Gasteiger partial charge in [0, 0.05) is 10.9 Å². The predicted octanol–water partition coefficient (Wildman–Crippen LogP) is 3.33. The summed E-state index contributed by atoms with van der Waals surface area (Å²) >= 11 is 3.51. The highest BCUT2D eigenvalue weighted by molar-refractivity contribution is 9.10. The van der Waals surface area contributed by atoms with Crippen LogP contribution < -0.4 is 10.6 Å². The van der Waals surface area contributed by atoms with Crippen molar-refractivity contribution in [1.82, 2.24) is 10.6 Å². The lowest BCUT2D eigenvalue weighted by Gasteiger charge is -2.22. The Bertz CT molecular complexity index is 512. The van der Waals surface area contributed by atoms with Crippen molar-refractivity contribution in [3.8, 4) is 0 Å². The topological polar surface area (TPSA) is 41.1 Å². The number of fused-ring (bicyclic) bond motifs is 1. The summed E-state index contributed by atoms with van der Waals surface area (Å²) < 4.78 is 1.12. The Balaban J connectivity index is 1.50. The van der Waals surface area contributed by atoms with Gasteiger partial charge in [-0.05, 0) is 74.4 Å². The number of aryl methyl sites for hydroxylation is 1. The van der Waals surface area contributed by atoms with E-state index in [0.717, 1.165) is 42.7 Å². The van der Waals surface area contributed by atoms with Crippen molar-refractivity contribution >= 4 is 21.8 Å². The van der Waals surface area contributed by atoms with Crippen LogP contribution in [0, 0.1) is 5.92 Å². The van der Waals surface area contributed by atoms with Crippen LogP contribution in [0.2, 0.25) is 0 Å². The molecule has 3 nitrogen and oxygen atoms in total. The van der Waals surface area contributed by atoms with E-state index in [2.05, 4.69) is 44.8 Å². The van der Waals surface area contributed by atoms with Crippen molar-refractivity contribution in [2.75, 3.05) is 13.1 Å². The fourth-order valence-corrected chi connectivity index (χ4v) is 3.92. The minimum Gasteiger partial charge on any atom is -0.349 e. The molecule has 0 radical (unpaired) electrons. The summed E-state index contributed by atoms with van der Waals surface area (Å²) in [4.78, 5) is 12.2. The number of halogens is 1. The van der Waals surface area contributed by atoms with Crippen molar-refractivity contribution in [3.05, 3.63) is 33.8 Å². The Hall–Kier alpha value is -0.870. The standard InChI is InChI=1S/C17H23BrN2O/c18-14-3-4-15-13(11-14)2-5-16(15)20-17(21)6-1-12-7-9-19-10-8-12/h3-4,11-12,16,19H,1-2,5-10H2,(H,20,21). The molecule has 1 amide bonds. The highest BCUT2D eigenvalue weighted by atomic mass is 79.9. The van der Waals surface area contributed by atoms with Crippen molar-refractivity contribution < 1.29 is 4.79 Å². The molecule has 1 fully saturated rings. The maximum Gasteiger partial charge on any atom is 0.220 e. The van der Waals surface area contributed by atoms with Gasteiger partial charge in [-0.25, -0.2) is 0 Å². The largest absolute Gasteiger partial charge is 0.349 e. The number of benzene rings is 1. The lowest BCUT2D eigenvalue weighted by Crippen LogP contribution is -2.30. The first-order valence-electron chi connectivity index (χ1n) is 8.01. The molecule has 2 N–H and O–H groups in total. The number of hydrogen-bond acceptors (Lipinski definition) is 2. The van der Waals surface area contributed by atoms with E-state index in [9.17, 15) is 4.79 Å². The van der Waals surface area contributed by atoms with Crippen molar-refractivity contribution in [2.24, 2.45) is 5.92 Å². The smallest absolute Gasteiger partial charge is 0.220 e. The first kappa shape index (κ1) is 15.0. The molecular weight excluding hydrogens is 328 g/mol. The summed E-state index contributed by atoms with van der Waals surface area (Å²) in [7, 11) is 0. The zero-order valence-corrected chi connectivity index (χ0v) is 13.9. The molecule has 0 aromatic heterocycles. The second-order valence-corrected chi connectivity index (χ2v) is 7.15. The number of hydrogen-bond donors (Lipinski definition) is 2. The highest BCUT2D eigenvalue weighted by Gasteiger charge is 2.24. The Kier molecular flexibility index (Phi) is 4.96. The van der Waals surface area contributed by atoms with Gasteiger partial charge in [0.05, 0.1) is 6.04 Å². The van der Waals surface area contributed by atoms with E-state index in [1.807, 2.05) is 0 Å². The summed E-state index contributed by atoms with van der Waals surface area (Å²) in [5.41, 5.74) is 2.67. The van der Waals surface area contributed by atoms with Gasteiger partial charge in [0.1, 0.15) is 0 Å². The van der Waals surface area contributed by atoms with Gasteiger partial charge < -0.3 is 10.6 Å². The molecule has 1 aliphatic carbocycles. The van der Waals surface area contributed by atoms with Crippen LogP contribution in [0.5, 0.6) is 0 Å². The van der Waals surface area contributed by atoms with Crippen LogP contribution in [0.3, 0.4) is 0 Å². The quantitative estimate of drug-likeness (QED) is 0.874. The van der Waals surface area contributed by atoms with Gasteiger partial charge in [0.2, 0.25) is 5.91 Å². The third kappa shape index (κ3) is 3.86. The second-order valence-electron chi connectivity index (χ2n) is 6.23. The lowest BCUT2D eigenvalue weighted by molar-refractivity contribution is -0.122. The number of rotatable bonds is 4. The first-order valence-corrected chi connectivity index (χ1v) is 8.80. The normalized spacial score (nSPS) is 22.0. The molecule has 1 heterocycles. The molecule has 1 unspecified atom stereocenters. The van der Waals surface area contributed by atoms with Crippen LogP contribution >= 0.6 is 15.9 Å². The zero-order valence-electron chi connectivity index (χ0n) is 12.3. The van der Waals surface area contributed by atoms with Gasteiger partial charge in [0.15, 0.2) is 0 Å². The molecule has 1 atom stereocenters. The van der Waals surface area contributed by atoms with E-state index < -0.39 is 0 Å². The minimum absolute atomic E-state index is 0.216. The Morgan fingerprint density at radius 2 is 2.10 bits per heavy atom. The molecule has 4 heteroatoms. The summed E-state index contributed by atoms with van der Waals surface area (Å²) in [6.45, 7) is 2.22. The van der Waals surface area contributed by atoms with Crippen LogP contribution in [-0.4, -0.2) is 19.0 Å². The van der Waals surface area contributed by atoms with E-state index in [4.69, 9.17) is 0 Å². The summed E-state index contributed by atoms with van der Waals surface area (Å²) in [5.74, 6) is 0.943. The predicted molar refractivity (Wildman–Crippen MR) is 88.2 cm³/mol. The molecular formula is C17H23BrN2O. The molecule has 3 rings (SSSR count). The number of amides is 1. The average molecular weight is 351 g/mol. The second kappa shape index (κ2) is 6.93. The van der Waals surface area contributed by atoms with E-state index >= 15 is 0 Å². The molecule has 1 aromatic carbocycles. The fraction of sp³-hybridized carbons (Fsp3) is 0.588. The summed E-state index contributed by atoms with van der Waals surface area (Å²) in [5, 5.41) is 6.60. The Morgan fingerprint density at radius 3 is 2.90 bits per heavy atom. The van der Waals surface area contributed by atoms with E-state index in [1.54, 1.807) is 0 Å². The van der Waals surface area contributed by atoms with Crippen molar-refractivity contribution in [3.63, 3.8) is 0 Å². The monoisotopic (exact) mass is 350 g/mol. The summed E-state index contributed by atoms with van der Waals surface area (Å²) in [6.07, 6.45) is 6.24. The highest BCUT2D eigenvalue weighted by Crippen LogP contribution is 2.33. The van der Waals surface area contributed by atoms with Crippen LogP contribution in [0.4, 0.5) is 0 Å². The zero-order chi connectivity index (χ0) is 14.7. The van der Waals surface area contributed by atoms with Gasteiger partial charge in [-0.1, -0.05) is 22.0 Å². The molecule has 0 saturated carbocycles. The molecule has 1 saturated heterocycles. The number of carbonyl (C=O) groups excluding carboxylic acids is 1. The Morgan fingerprint density at radius 1 is 1.29 bits per heavy atom. The van der Waals surface area contributed by atoms with Crippen LogP contribution in [0.15, 0.2) is 22.7 Å². The van der Waals surface area contributed by atoms with Crippen LogP contribution in [-0.2, 0) is 11.2 Å². The Labute approximate surface area is 135 Å². The third-order valence-corrected chi connectivity index (χ3v) is 5.25. The molecule has 1 aromatic rings. The molecule has 1 aliphatic heterocycles. The first-order chi connectivity index (χ1) is 10.2. The van der Waals surface area contributed by atoms with Crippen LogP contribution in [0.25, 0.3) is 0 Å². The number of nitrogens with one attached hydrogen (secondary N) is 2. The van der Waals surface area contributed by atoms with Gasteiger partial charge in [-0.15, -0.1) is 0 Å². The average Bonchev–Trinajstić information content (AvgIpc) is 2.88. The van der Waals surface area contributed by atoms with Gasteiger partial charge in [-0.3, -0.25) is 4.79 Å². The van der Waals surface area contributed by atoms with Crippen molar-refractivity contribution in [1.29, 1.82) is 0 Å². The van der Waals surface area contributed by atoms with Crippen molar-refractivity contribution in [2.45, 2.75) is 44.6 Å². The summed E-state index contributed by atoms with van der Waals surface area (Å²) in [6, 6.07) is 6.60. The lowest BCUT2D eigenvalue weighted by atomic mass is 9.93. The number of piperidine rings is 1. The molecule has 0 bridgehead atoms. The van der Waals surface area contributed by atoms with Gasteiger partial charge >= 0.3 is 0 Å². The van der Waals surface area contributed by atoms with Gasteiger partial charge in [0.25, 0.3) is 0 Å². The van der Waals surface area contributed by atoms with Crippen LogP contribution in [0.1, 0.15) is 49.3 Å². The van der Waals surface area contributed by atoms with E-state index in [1.165, 1.54) is 24.0 Å².